The van der Waals surface area contributed by atoms with Gasteiger partial charge in [-0.1, -0.05) is 6.42 Å². The molecule has 0 amide bonds. The van der Waals surface area contributed by atoms with Crippen LogP contribution in [0.4, 0.5) is 0 Å². The summed E-state index contributed by atoms with van der Waals surface area (Å²) in [6, 6.07) is 1.73. The molecule has 8 heavy (non-hydrogen) atoms. The summed E-state index contributed by atoms with van der Waals surface area (Å²) in [5.74, 6) is 0. The first-order chi connectivity index (χ1) is 3.97. The molecule has 1 radical (unpaired) electrons. The lowest BCUT2D eigenvalue weighted by Crippen LogP contribution is -2.43. The predicted molar refractivity (Wildman–Crippen MR) is 33.3 cm³/mol. The molecule has 2 saturated heterocycles. The lowest BCUT2D eigenvalue weighted by molar-refractivity contribution is 0.140. The van der Waals surface area contributed by atoms with E-state index in [2.05, 4.69) is 4.90 Å². The summed E-state index contributed by atoms with van der Waals surface area (Å²) >= 11 is 0. The molecular formula is C7H12N. The van der Waals surface area contributed by atoms with Crippen LogP contribution < -0.4 is 0 Å². The minimum Gasteiger partial charge on any atom is -0.296 e. The van der Waals surface area contributed by atoms with Crippen LogP contribution in [0.3, 0.4) is 0 Å². The number of rotatable bonds is 0. The molecule has 2 aliphatic rings. The first-order valence-electron chi connectivity index (χ1n) is 3.56. The van der Waals surface area contributed by atoms with E-state index in [0.29, 0.717) is 0 Å². The molecule has 2 fully saturated rings. The second kappa shape index (κ2) is 1.73. The van der Waals surface area contributed by atoms with Crippen molar-refractivity contribution in [1.29, 1.82) is 0 Å². The van der Waals surface area contributed by atoms with Crippen LogP contribution in [0.25, 0.3) is 0 Å². The molecule has 0 saturated carbocycles. The fraction of sp³-hybridized carbons (Fsp3) is 0.857. The Morgan fingerprint density at radius 2 is 2.00 bits per heavy atom. The van der Waals surface area contributed by atoms with Gasteiger partial charge in [-0.05, 0) is 25.8 Å². The Kier molecular flexibility index (Phi) is 1.04. The Morgan fingerprint density at radius 1 is 1.00 bits per heavy atom. The van der Waals surface area contributed by atoms with E-state index in [9.17, 15) is 0 Å². The monoisotopic (exact) mass is 110 g/mol. The van der Waals surface area contributed by atoms with Crippen LogP contribution in [0.5, 0.6) is 0 Å². The summed E-state index contributed by atoms with van der Waals surface area (Å²) in [4.78, 5) is 2.53. The van der Waals surface area contributed by atoms with E-state index in [1.165, 1.54) is 38.8 Å². The summed E-state index contributed by atoms with van der Waals surface area (Å²) in [6.07, 6.45) is 5.69. The zero-order valence-corrected chi connectivity index (χ0v) is 5.19. The SMILES string of the molecule is C1CCN2CC[C]2C1. The van der Waals surface area contributed by atoms with Gasteiger partial charge in [0.05, 0.1) is 0 Å². The lowest BCUT2D eigenvalue weighted by atomic mass is 9.92. The highest BCUT2D eigenvalue weighted by Crippen LogP contribution is 2.33. The van der Waals surface area contributed by atoms with Crippen LogP contribution in [0.1, 0.15) is 25.7 Å². The van der Waals surface area contributed by atoms with E-state index in [1.807, 2.05) is 0 Å². The van der Waals surface area contributed by atoms with Crippen molar-refractivity contribution >= 4 is 0 Å². The van der Waals surface area contributed by atoms with E-state index in [4.69, 9.17) is 0 Å². The Hall–Kier alpha value is -0.0400. The van der Waals surface area contributed by atoms with Crippen molar-refractivity contribution in [2.24, 2.45) is 0 Å². The Balaban J connectivity index is 1.92. The van der Waals surface area contributed by atoms with Gasteiger partial charge in [0.15, 0.2) is 0 Å². The van der Waals surface area contributed by atoms with E-state index in [-0.39, 0.29) is 0 Å². The number of hydrogen-bond donors (Lipinski definition) is 0. The Bertz CT molecular complexity index is 78.4. The zero-order chi connectivity index (χ0) is 5.40. The molecular weight excluding hydrogens is 98.1 g/mol. The minimum absolute atomic E-state index is 1.36. The largest absolute Gasteiger partial charge is 0.296 e. The molecule has 0 aromatic heterocycles. The van der Waals surface area contributed by atoms with E-state index in [0.717, 1.165) is 0 Å². The van der Waals surface area contributed by atoms with E-state index >= 15 is 0 Å². The van der Waals surface area contributed by atoms with Crippen molar-refractivity contribution in [2.75, 3.05) is 13.1 Å². The molecule has 2 heterocycles. The van der Waals surface area contributed by atoms with Crippen molar-refractivity contribution in [2.45, 2.75) is 25.7 Å². The van der Waals surface area contributed by atoms with Gasteiger partial charge in [-0.25, -0.2) is 0 Å². The molecule has 1 nitrogen and oxygen atoms in total. The van der Waals surface area contributed by atoms with Gasteiger partial charge in [0, 0.05) is 12.6 Å². The zero-order valence-electron chi connectivity index (χ0n) is 5.19. The maximum Gasteiger partial charge on any atom is 0.0405 e. The maximum atomic E-state index is 2.53. The minimum atomic E-state index is 1.36. The van der Waals surface area contributed by atoms with Crippen molar-refractivity contribution in [1.82, 2.24) is 4.90 Å². The normalized spacial score (nSPS) is 31.5. The highest BCUT2D eigenvalue weighted by molar-refractivity contribution is 5.01. The molecule has 0 unspecified atom stereocenters. The van der Waals surface area contributed by atoms with Crippen LogP contribution in [-0.4, -0.2) is 18.0 Å². The summed E-state index contributed by atoms with van der Waals surface area (Å²) in [7, 11) is 0. The quantitative estimate of drug-likeness (QED) is 0.455. The third-order valence-corrected chi connectivity index (χ3v) is 2.26. The highest BCUT2D eigenvalue weighted by atomic mass is 15.2. The van der Waals surface area contributed by atoms with Crippen LogP contribution >= 0.6 is 0 Å². The van der Waals surface area contributed by atoms with Gasteiger partial charge in [-0.2, -0.15) is 0 Å². The topological polar surface area (TPSA) is 3.24 Å². The third-order valence-electron chi connectivity index (χ3n) is 2.26. The summed E-state index contributed by atoms with van der Waals surface area (Å²) in [6.45, 7) is 2.71. The fourth-order valence-electron chi connectivity index (χ4n) is 1.61. The average molecular weight is 110 g/mol. The van der Waals surface area contributed by atoms with Crippen molar-refractivity contribution < 1.29 is 0 Å². The van der Waals surface area contributed by atoms with Gasteiger partial charge in [-0.3, -0.25) is 4.90 Å². The predicted octanol–water partition coefficient (Wildman–Crippen LogP) is 1.41. The molecule has 2 aliphatic heterocycles. The second-order valence-electron chi connectivity index (χ2n) is 2.76. The van der Waals surface area contributed by atoms with E-state index in [1.54, 1.807) is 6.04 Å². The molecule has 0 bridgehead atoms. The highest BCUT2D eigenvalue weighted by Gasteiger charge is 2.30. The molecule has 0 N–H and O–H groups in total. The smallest absolute Gasteiger partial charge is 0.0405 e. The van der Waals surface area contributed by atoms with Crippen molar-refractivity contribution in [3.8, 4) is 0 Å². The number of piperidine rings is 1. The van der Waals surface area contributed by atoms with Gasteiger partial charge in [0.25, 0.3) is 0 Å². The fourth-order valence-corrected chi connectivity index (χ4v) is 1.61. The van der Waals surface area contributed by atoms with Gasteiger partial charge in [0.2, 0.25) is 0 Å². The van der Waals surface area contributed by atoms with Crippen molar-refractivity contribution in [3.63, 3.8) is 0 Å². The first-order valence-corrected chi connectivity index (χ1v) is 3.56. The summed E-state index contributed by atoms with van der Waals surface area (Å²) < 4.78 is 0. The molecule has 0 spiro atoms. The molecule has 0 aromatic carbocycles. The lowest BCUT2D eigenvalue weighted by Gasteiger charge is -2.43. The van der Waals surface area contributed by atoms with Gasteiger partial charge < -0.3 is 0 Å². The summed E-state index contributed by atoms with van der Waals surface area (Å²) in [5.41, 5.74) is 0. The molecule has 1 heteroatoms. The van der Waals surface area contributed by atoms with Gasteiger partial charge in [0.1, 0.15) is 0 Å². The van der Waals surface area contributed by atoms with Crippen molar-refractivity contribution in [3.05, 3.63) is 6.04 Å². The maximum absolute atomic E-state index is 2.53. The van der Waals surface area contributed by atoms with Gasteiger partial charge in [-0.15, -0.1) is 0 Å². The number of hydrogen-bond acceptors (Lipinski definition) is 1. The average Bonchev–Trinajstić information content (AvgIpc) is 1.72. The van der Waals surface area contributed by atoms with Crippen LogP contribution in [0.2, 0.25) is 0 Å². The van der Waals surface area contributed by atoms with Gasteiger partial charge >= 0.3 is 0 Å². The molecule has 2 rings (SSSR count). The standard InChI is InChI=1S/C7H12N/c1-2-5-8-6-4-7(8)3-1/h1-6H2. The number of fused-ring (bicyclic) bond motifs is 1. The molecule has 45 valence electrons. The van der Waals surface area contributed by atoms with Crippen LogP contribution in [0, 0.1) is 6.04 Å². The third kappa shape index (κ3) is 0.576. The molecule has 0 atom stereocenters. The molecule has 0 aromatic rings. The first kappa shape index (κ1) is 4.80. The van der Waals surface area contributed by atoms with Crippen LogP contribution in [0.15, 0.2) is 0 Å². The summed E-state index contributed by atoms with van der Waals surface area (Å²) in [5, 5.41) is 0. The molecule has 0 aliphatic carbocycles. The Labute approximate surface area is 50.7 Å². The number of nitrogens with zero attached hydrogens (tertiary/aromatic N) is 1. The van der Waals surface area contributed by atoms with Crippen LogP contribution in [-0.2, 0) is 0 Å². The Morgan fingerprint density at radius 3 is 2.38 bits per heavy atom. The van der Waals surface area contributed by atoms with E-state index < -0.39 is 0 Å². The second-order valence-corrected chi connectivity index (χ2v) is 2.76.